The van der Waals surface area contributed by atoms with Crippen LogP contribution < -0.4 is 15.4 Å². The standard InChI is InChI=1S/C22H22F6N2O2/c1-32-19-8-2-13(3-9-19)20(31)30-17-6-4-16(5-7-17)29-18-11-14(21(23,24)25)10-15(12-18)22(26,27)28/h2-3,8-12,16-17,29H,4-7H2,1H3,(H,30,31)/t16-,17+. The zero-order valence-corrected chi connectivity index (χ0v) is 17.1. The maximum absolute atomic E-state index is 13.0. The highest BCUT2D eigenvalue weighted by molar-refractivity contribution is 5.94. The van der Waals surface area contributed by atoms with Gasteiger partial charge in [-0.1, -0.05) is 0 Å². The van der Waals surface area contributed by atoms with Gasteiger partial charge in [-0.25, -0.2) is 0 Å². The molecule has 4 nitrogen and oxygen atoms in total. The van der Waals surface area contributed by atoms with Crippen molar-refractivity contribution in [2.75, 3.05) is 12.4 Å². The fraction of sp³-hybridized carbons (Fsp3) is 0.409. The van der Waals surface area contributed by atoms with E-state index in [-0.39, 0.29) is 29.7 Å². The number of rotatable bonds is 5. The number of hydrogen-bond acceptors (Lipinski definition) is 3. The number of benzene rings is 2. The number of anilines is 1. The van der Waals surface area contributed by atoms with E-state index in [1.165, 1.54) is 7.11 Å². The van der Waals surface area contributed by atoms with Gasteiger partial charge in [0.1, 0.15) is 5.75 Å². The van der Waals surface area contributed by atoms with E-state index in [4.69, 9.17) is 4.74 Å². The third-order valence-corrected chi connectivity index (χ3v) is 5.37. The van der Waals surface area contributed by atoms with E-state index in [0.29, 0.717) is 49.1 Å². The molecule has 2 N–H and O–H groups in total. The quantitative estimate of drug-likeness (QED) is 0.548. The lowest BCUT2D eigenvalue weighted by atomic mass is 9.90. The van der Waals surface area contributed by atoms with Gasteiger partial charge >= 0.3 is 12.4 Å². The molecule has 1 aliphatic carbocycles. The highest BCUT2D eigenvalue weighted by atomic mass is 19.4. The molecule has 0 atom stereocenters. The number of hydrogen-bond donors (Lipinski definition) is 2. The molecule has 0 unspecified atom stereocenters. The SMILES string of the molecule is COc1ccc(C(=O)N[C@H]2CC[C@@H](Nc3cc(C(F)(F)F)cc(C(F)(F)F)c3)CC2)cc1. The Morgan fingerprint density at radius 2 is 1.34 bits per heavy atom. The summed E-state index contributed by atoms with van der Waals surface area (Å²) in [5.41, 5.74) is -2.46. The largest absolute Gasteiger partial charge is 0.497 e. The molecule has 1 fully saturated rings. The average molecular weight is 460 g/mol. The predicted octanol–water partition coefficient (Wildman–Crippen LogP) is 5.89. The second kappa shape index (κ2) is 9.30. The van der Waals surface area contributed by atoms with Gasteiger partial charge in [0, 0.05) is 23.3 Å². The minimum atomic E-state index is -4.89. The Kier molecular flexibility index (Phi) is 6.90. The Balaban J connectivity index is 1.60. The molecule has 2 aromatic rings. The summed E-state index contributed by atoms with van der Waals surface area (Å²) >= 11 is 0. The molecule has 2 aromatic carbocycles. The molecule has 0 radical (unpaired) electrons. The molecule has 32 heavy (non-hydrogen) atoms. The molecule has 10 heteroatoms. The van der Waals surface area contributed by atoms with Crippen LogP contribution in [0.5, 0.6) is 5.75 Å². The zero-order chi connectivity index (χ0) is 23.5. The predicted molar refractivity (Wildman–Crippen MR) is 107 cm³/mol. The van der Waals surface area contributed by atoms with Crippen molar-refractivity contribution < 1.29 is 35.9 Å². The molecule has 0 bridgehead atoms. The van der Waals surface area contributed by atoms with Crippen molar-refractivity contribution in [2.24, 2.45) is 0 Å². The summed E-state index contributed by atoms with van der Waals surface area (Å²) in [7, 11) is 1.52. The number of nitrogens with one attached hydrogen (secondary N) is 2. The number of carbonyl (C=O) groups is 1. The Morgan fingerprint density at radius 1 is 0.844 bits per heavy atom. The molecule has 0 saturated heterocycles. The van der Waals surface area contributed by atoms with Crippen LogP contribution in [0.1, 0.15) is 47.2 Å². The van der Waals surface area contributed by atoms with Crippen molar-refractivity contribution in [3.05, 3.63) is 59.2 Å². The fourth-order valence-corrected chi connectivity index (χ4v) is 3.67. The first-order valence-electron chi connectivity index (χ1n) is 9.96. The van der Waals surface area contributed by atoms with E-state index in [1.807, 2.05) is 0 Å². The van der Waals surface area contributed by atoms with E-state index in [9.17, 15) is 31.1 Å². The molecule has 1 saturated carbocycles. The third-order valence-electron chi connectivity index (χ3n) is 5.37. The van der Waals surface area contributed by atoms with Crippen LogP contribution in [0.15, 0.2) is 42.5 Å². The van der Waals surface area contributed by atoms with Gasteiger partial charge < -0.3 is 15.4 Å². The molecule has 1 amide bonds. The Labute approximate surface area is 181 Å². The maximum Gasteiger partial charge on any atom is 0.416 e. The monoisotopic (exact) mass is 460 g/mol. The second-order valence-electron chi connectivity index (χ2n) is 7.69. The molecule has 1 aliphatic rings. The first-order valence-corrected chi connectivity index (χ1v) is 9.96. The minimum absolute atomic E-state index is 0.108. The van der Waals surface area contributed by atoms with Crippen molar-refractivity contribution in [2.45, 2.75) is 50.1 Å². The Bertz CT molecular complexity index is 901. The van der Waals surface area contributed by atoms with Crippen molar-refractivity contribution in [1.82, 2.24) is 5.32 Å². The summed E-state index contributed by atoms with van der Waals surface area (Å²) in [4.78, 5) is 12.4. The number of amides is 1. The summed E-state index contributed by atoms with van der Waals surface area (Å²) in [5.74, 6) is 0.369. The second-order valence-corrected chi connectivity index (χ2v) is 7.69. The normalized spacial score (nSPS) is 19.3. The van der Waals surface area contributed by atoms with Gasteiger partial charge in [0.15, 0.2) is 0 Å². The number of alkyl halides is 6. The van der Waals surface area contributed by atoms with Crippen LogP contribution in [0.4, 0.5) is 32.0 Å². The van der Waals surface area contributed by atoms with E-state index in [0.717, 1.165) is 0 Å². The van der Waals surface area contributed by atoms with Crippen LogP contribution >= 0.6 is 0 Å². The van der Waals surface area contributed by atoms with E-state index in [1.54, 1.807) is 24.3 Å². The lowest BCUT2D eigenvalue weighted by molar-refractivity contribution is -0.143. The van der Waals surface area contributed by atoms with Crippen LogP contribution in [0, 0.1) is 0 Å². The fourth-order valence-electron chi connectivity index (χ4n) is 3.67. The summed E-state index contributed by atoms with van der Waals surface area (Å²) in [6.07, 6.45) is -7.70. The molecular formula is C22H22F6N2O2. The molecule has 0 heterocycles. The lowest BCUT2D eigenvalue weighted by Crippen LogP contribution is -2.40. The summed E-state index contributed by atoms with van der Waals surface area (Å²) in [6, 6.07) is 7.65. The van der Waals surface area contributed by atoms with Crippen molar-refractivity contribution in [3.8, 4) is 5.75 Å². The molecular weight excluding hydrogens is 438 g/mol. The first kappa shape index (κ1) is 23.7. The van der Waals surface area contributed by atoms with E-state index >= 15 is 0 Å². The van der Waals surface area contributed by atoms with Gasteiger partial charge in [0.25, 0.3) is 5.91 Å². The van der Waals surface area contributed by atoms with Crippen LogP contribution in [0.3, 0.4) is 0 Å². The number of ether oxygens (including phenoxy) is 1. The van der Waals surface area contributed by atoms with Crippen molar-refractivity contribution in [1.29, 1.82) is 0 Å². The van der Waals surface area contributed by atoms with Gasteiger partial charge in [-0.05, 0) is 68.1 Å². The zero-order valence-electron chi connectivity index (χ0n) is 17.1. The third kappa shape index (κ3) is 6.08. The molecule has 174 valence electrons. The topological polar surface area (TPSA) is 50.4 Å². The van der Waals surface area contributed by atoms with E-state index < -0.39 is 23.5 Å². The van der Waals surface area contributed by atoms with Gasteiger partial charge in [-0.15, -0.1) is 0 Å². The Morgan fingerprint density at radius 3 is 1.81 bits per heavy atom. The van der Waals surface area contributed by atoms with Crippen LogP contribution in [-0.2, 0) is 12.4 Å². The number of methoxy groups -OCH3 is 1. The van der Waals surface area contributed by atoms with Crippen molar-refractivity contribution in [3.63, 3.8) is 0 Å². The summed E-state index contributed by atoms with van der Waals surface area (Å²) < 4.78 is 83.2. The minimum Gasteiger partial charge on any atom is -0.497 e. The summed E-state index contributed by atoms with van der Waals surface area (Å²) in [6.45, 7) is 0. The smallest absolute Gasteiger partial charge is 0.416 e. The number of carbonyl (C=O) groups excluding carboxylic acids is 1. The molecule has 0 spiro atoms. The van der Waals surface area contributed by atoms with Crippen LogP contribution in [0.2, 0.25) is 0 Å². The molecule has 0 aliphatic heterocycles. The van der Waals surface area contributed by atoms with Crippen LogP contribution in [0.25, 0.3) is 0 Å². The lowest BCUT2D eigenvalue weighted by Gasteiger charge is -2.30. The maximum atomic E-state index is 13.0. The average Bonchev–Trinajstić information content (AvgIpc) is 2.73. The van der Waals surface area contributed by atoms with Gasteiger partial charge in [0.2, 0.25) is 0 Å². The van der Waals surface area contributed by atoms with Crippen molar-refractivity contribution >= 4 is 11.6 Å². The van der Waals surface area contributed by atoms with Gasteiger partial charge in [0.05, 0.1) is 18.2 Å². The van der Waals surface area contributed by atoms with E-state index in [2.05, 4.69) is 10.6 Å². The first-order chi connectivity index (χ1) is 15.0. The van der Waals surface area contributed by atoms with Gasteiger partial charge in [-0.3, -0.25) is 4.79 Å². The van der Waals surface area contributed by atoms with Crippen LogP contribution in [-0.4, -0.2) is 25.1 Å². The molecule has 3 rings (SSSR count). The molecule has 0 aromatic heterocycles. The highest BCUT2D eigenvalue weighted by Crippen LogP contribution is 2.38. The highest BCUT2D eigenvalue weighted by Gasteiger charge is 2.37. The summed E-state index contributed by atoms with van der Waals surface area (Å²) in [5, 5.41) is 5.71. The number of halogens is 6. The van der Waals surface area contributed by atoms with Gasteiger partial charge in [-0.2, -0.15) is 26.3 Å². The Hall–Kier alpha value is -2.91.